The molecule has 2 heterocycles. The molecule has 0 spiro atoms. The van der Waals surface area contributed by atoms with E-state index in [2.05, 4.69) is 35.2 Å². The van der Waals surface area contributed by atoms with Crippen LogP contribution in [0.15, 0.2) is 29.3 Å². The third-order valence-electron chi connectivity index (χ3n) is 3.66. The zero-order valence-electron chi connectivity index (χ0n) is 13.1. The van der Waals surface area contributed by atoms with Gasteiger partial charge in [0, 0.05) is 19.3 Å². The maximum Gasteiger partial charge on any atom is 0.300 e. The fourth-order valence-corrected chi connectivity index (χ4v) is 3.54. The molecule has 5 nitrogen and oxygen atoms in total. The lowest BCUT2D eigenvalue weighted by atomic mass is 10.2. The molecule has 0 fully saturated rings. The highest BCUT2D eigenvalue weighted by Gasteiger charge is 2.12. The van der Waals surface area contributed by atoms with E-state index in [0.29, 0.717) is 10.5 Å². The smallest absolute Gasteiger partial charge is 0.300 e. The van der Waals surface area contributed by atoms with E-state index in [0.717, 1.165) is 22.5 Å². The molecule has 0 aliphatic rings. The number of nitrogens with zero attached hydrogens (tertiary/aromatic N) is 4. The Labute approximate surface area is 132 Å². The molecular weight excluding hydrogens is 296 g/mol. The van der Waals surface area contributed by atoms with Gasteiger partial charge < -0.3 is 4.57 Å². The standard InChI is InChI=1S/C16H18N4OS/c1-5-20-11(3)9-12(18-20)15(21)17-16-19(4)13-7-6-10(2)8-14(13)22-16/h6-9H,5H2,1-4H3. The Morgan fingerprint density at radius 3 is 2.77 bits per heavy atom. The van der Waals surface area contributed by atoms with Gasteiger partial charge in [-0.05, 0) is 44.5 Å². The minimum absolute atomic E-state index is 0.297. The van der Waals surface area contributed by atoms with Crippen LogP contribution in [0.3, 0.4) is 0 Å². The molecule has 0 bridgehead atoms. The lowest BCUT2D eigenvalue weighted by molar-refractivity contribution is 0.0992. The summed E-state index contributed by atoms with van der Waals surface area (Å²) in [7, 11) is 1.93. The van der Waals surface area contributed by atoms with Gasteiger partial charge in [-0.2, -0.15) is 10.1 Å². The van der Waals surface area contributed by atoms with Crippen molar-refractivity contribution in [2.75, 3.05) is 0 Å². The molecule has 0 aliphatic heterocycles. The highest BCUT2D eigenvalue weighted by Crippen LogP contribution is 2.18. The highest BCUT2D eigenvalue weighted by molar-refractivity contribution is 7.16. The van der Waals surface area contributed by atoms with E-state index in [1.165, 1.54) is 16.9 Å². The Balaban J connectivity index is 2.07. The van der Waals surface area contributed by atoms with E-state index in [1.54, 1.807) is 10.7 Å². The summed E-state index contributed by atoms with van der Waals surface area (Å²) in [4.78, 5) is 17.3. The van der Waals surface area contributed by atoms with Crippen LogP contribution in [-0.4, -0.2) is 20.3 Å². The topological polar surface area (TPSA) is 52.2 Å². The largest absolute Gasteiger partial charge is 0.319 e. The molecule has 2 aromatic heterocycles. The summed E-state index contributed by atoms with van der Waals surface area (Å²) in [6.07, 6.45) is 0. The third kappa shape index (κ3) is 2.50. The van der Waals surface area contributed by atoms with Crippen molar-refractivity contribution < 1.29 is 4.79 Å². The lowest BCUT2D eigenvalue weighted by Gasteiger charge is -1.96. The van der Waals surface area contributed by atoms with E-state index in [1.807, 2.05) is 25.5 Å². The number of aryl methyl sites for hydroxylation is 4. The van der Waals surface area contributed by atoms with Gasteiger partial charge in [0.2, 0.25) is 0 Å². The molecule has 0 saturated heterocycles. The number of carbonyl (C=O) groups excluding carboxylic acids is 1. The average Bonchev–Trinajstić information content (AvgIpc) is 3.00. The van der Waals surface area contributed by atoms with E-state index < -0.39 is 0 Å². The normalized spacial score (nSPS) is 12.3. The molecule has 0 aliphatic carbocycles. The summed E-state index contributed by atoms with van der Waals surface area (Å²) in [6.45, 7) is 6.74. The maximum absolute atomic E-state index is 12.3. The SMILES string of the molecule is CCn1nc(C(=O)N=c2sc3cc(C)ccc3n2C)cc1C. The second kappa shape index (κ2) is 5.53. The Morgan fingerprint density at radius 2 is 2.09 bits per heavy atom. The van der Waals surface area contributed by atoms with Gasteiger partial charge in [-0.25, -0.2) is 0 Å². The predicted octanol–water partition coefficient (Wildman–Crippen LogP) is 2.81. The van der Waals surface area contributed by atoms with Gasteiger partial charge in [0.05, 0.1) is 10.2 Å². The van der Waals surface area contributed by atoms with Crippen molar-refractivity contribution >= 4 is 27.5 Å². The molecule has 22 heavy (non-hydrogen) atoms. The van der Waals surface area contributed by atoms with Gasteiger partial charge in [-0.1, -0.05) is 17.4 Å². The minimum atomic E-state index is -0.297. The molecule has 0 atom stereocenters. The molecule has 3 aromatic rings. The summed E-state index contributed by atoms with van der Waals surface area (Å²) in [5, 5.41) is 4.29. The van der Waals surface area contributed by atoms with Crippen LogP contribution in [-0.2, 0) is 13.6 Å². The fraction of sp³-hybridized carbons (Fsp3) is 0.312. The number of hydrogen-bond acceptors (Lipinski definition) is 3. The quantitative estimate of drug-likeness (QED) is 0.730. The first-order chi connectivity index (χ1) is 10.5. The van der Waals surface area contributed by atoms with Crippen molar-refractivity contribution in [2.24, 2.45) is 12.0 Å². The number of rotatable bonds is 2. The van der Waals surface area contributed by atoms with Crippen molar-refractivity contribution in [3.63, 3.8) is 0 Å². The second-order valence-corrected chi connectivity index (χ2v) is 6.33. The van der Waals surface area contributed by atoms with Gasteiger partial charge in [0.25, 0.3) is 5.91 Å². The van der Waals surface area contributed by atoms with Gasteiger partial charge >= 0.3 is 0 Å². The van der Waals surface area contributed by atoms with Crippen LogP contribution in [0.1, 0.15) is 28.7 Å². The molecule has 0 saturated carbocycles. The van der Waals surface area contributed by atoms with Crippen molar-refractivity contribution in [3.05, 3.63) is 46.0 Å². The number of thiazole rings is 1. The van der Waals surface area contributed by atoms with Crippen LogP contribution >= 0.6 is 11.3 Å². The number of benzene rings is 1. The van der Waals surface area contributed by atoms with Crippen LogP contribution < -0.4 is 4.80 Å². The zero-order chi connectivity index (χ0) is 15.9. The second-order valence-electron chi connectivity index (χ2n) is 5.32. The summed E-state index contributed by atoms with van der Waals surface area (Å²) >= 11 is 1.52. The highest BCUT2D eigenvalue weighted by atomic mass is 32.1. The molecule has 114 valence electrons. The Kier molecular flexibility index (Phi) is 3.70. The molecular formula is C16H18N4OS. The zero-order valence-corrected chi connectivity index (χ0v) is 13.9. The Bertz CT molecular complexity index is 929. The average molecular weight is 314 g/mol. The van der Waals surface area contributed by atoms with Crippen molar-refractivity contribution in [3.8, 4) is 0 Å². The van der Waals surface area contributed by atoms with Crippen LogP contribution in [0.2, 0.25) is 0 Å². The van der Waals surface area contributed by atoms with Gasteiger partial charge in [-0.15, -0.1) is 0 Å². The van der Waals surface area contributed by atoms with Crippen molar-refractivity contribution in [1.29, 1.82) is 0 Å². The summed E-state index contributed by atoms with van der Waals surface area (Å²) in [5.41, 5.74) is 3.65. The van der Waals surface area contributed by atoms with Crippen molar-refractivity contribution in [1.82, 2.24) is 14.3 Å². The molecule has 6 heteroatoms. The third-order valence-corrected chi connectivity index (χ3v) is 4.76. The molecule has 3 rings (SSSR count). The van der Waals surface area contributed by atoms with E-state index in [-0.39, 0.29) is 5.91 Å². The Hall–Kier alpha value is -2.21. The fourth-order valence-electron chi connectivity index (χ4n) is 2.43. The number of amides is 1. The van der Waals surface area contributed by atoms with E-state index >= 15 is 0 Å². The molecule has 0 radical (unpaired) electrons. The first-order valence-electron chi connectivity index (χ1n) is 7.19. The van der Waals surface area contributed by atoms with Crippen molar-refractivity contribution in [2.45, 2.75) is 27.3 Å². The minimum Gasteiger partial charge on any atom is -0.319 e. The molecule has 0 N–H and O–H groups in total. The van der Waals surface area contributed by atoms with Crippen LogP contribution in [0.4, 0.5) is 0 Å². The van der Waals surface area contributed by atoms with Crippen LogP contribution in [0.25, 0.3) is 10.2 Å². The lowest BCUT2D eigenvalue weighted by Crippen LogP contribution is -2.13. The van der Waals surface area contributed by atoms with Gasteiger partial charge in [0.15, 0.2) is 10.5 Å². The molecule has 1 aromatic carbocycles. The van der Waals surface area contributed by atoms with Gasteiger partial charge in [-0.3, -0.25) is 9.48 Å². The number of carbonyl (C=O) groups is 1. The van der Waals surface area contributed by atoms with Gasteiger partial charge in [0.1, 0.15) is 0 Å². The molecule has 0 unspecified atom stereocenters. The first-order valence-corrected chi connectivity index (χ1v) is 8.01. The summed E-state index contributed by atoms with van der Waals surface area (Å²) < 4.78 is 4.88. The Morgan fingerprint density at radius 1 is 1.32 bits per heavy atom. The monoisotopic (exact) mass is 314 g/mol. The summed E-state index contributed by atoms with van der Waals surface area (Å²) in [5.74, 6) is -0.297. The van der Waals surface area contributed by atoms with E-state index in [9.17, 15) is 4.79 Å². The maximum atomic E-state index is 12.3. The number of aromatic nitrogens is 3. The predicted molar refractivity (Wildman–Crippen MR) is 88.1 cm³/mol. The summed E-state index contributed by atoms with van der Waals surface area (Å²) in [6, 6.07) is 8.01. The number of fused-ring (bicyclic) bond motifs is 1. The van der Waals surface area contributed by atoms with Crippen LogP contribution in [0, 0.1) is 13.8 Å². The van der Waals surface area contributed by atoms with E-state index in [4.69, 9.17) is 0 Å². The molecule has 1 amide bonds. The van der Waals surface area contributed by atoms with Crippen LogP contribution in [0.5, 0.6) is 0 Å². The first kappa shape index (κ1) is 14.7. The number of hydrogen-bond donors (Lipinski definition) is 0.